The van der Waals surface area contributed by atoms with E-state index in [1.165, 1.54) is 0 Å². The van der Waals surface area contributed by atoms with Crippen molar-refractivity contribution in [3.05, 3.63) is 34.1 Å². The molecule has 0 aromatic heterocycles. The van der Waals surface area contributed by atoms with Gasteiger partial charge in [-0.1, -0.05) is 19.9 Å². The maximum atomic E-state index is 13.6. The van der Waals surface area contributed by atoms with Crippen molar-refractivity contribution in [3.63, 3.8) is 0 Å². The number of nitrogens with zero attached hydrogens (tertiary/aromatic N) is 1. The summed E-state index contributed by atoms with van der Waals surface area (Å²) >= 11 is 3.18. The fourth-order valence-electron chi connectivity index (χ4n) is 2.26. The van der Waals surface area contributed by atoms with Crippen molar-refractivity contribution in [1.29, 1.82) is 0 Å². The molecule has 1 aromatic carbocycles. The van der Waals surface area contributed by atoms with Crippen LogP contribution in [0.1, 0.15) is 38.8 Å². The Morgan fingerprint density at radius 2 is 2.06 bits per heavy atom. The van der Waals surface area contributed by atoms with Crippen LogP contribution in [0.5, 0.6) is 0 Å². The minimum atomic E-state index is -0.230. The highest BCUT2D eigenvalue weighted by Crippen LogP contribution is 2.26. The zero-order chi connectivity index (χ0) is 13.7. The molecule has 0 spiro atoms. The van der Waals surface area contributed by atoms with Crippen LogP contribution in [0.3, 0.4) is 0 Å². The number of likely N-dealkylation sites (N-methyl/N-ethyl adjacent to an activating group) is 1. The molecular formula is C14H22BrFN2. The van der Waals surface area contributed by atoms with E-state index >= 15 is 0 Å². The quantitative estimate of drug-likeness (QED) is 0.867. The van der Waals surface area contributed by atoms with Gasteiger partial charge in [0.05, 0.1) is 4.47 Å². The van der Waals surface area contributed by atoms with E-state index in [1.54, 1.807) is 12.1 Å². The first kappa shape index (κ1) is 15.6. The van der Waals surface area contributed by atoms with Crippen LogP contribution in [-0.4, -0.2) is 24.0 Å². The Labute approximate surface area is 117 Å². The van der Waals surface area contributed by atoms with Crippen LogP contribution in [0, 0.1) is 5.82 Å². The Balaban J connectivity index is 3.03. The molecule has 0 saturated heterocycles. The molecule has 0 aliphatic carbocycles. The lowest BCUT2D eigenvalue weighted by atomic mass is 10.0. The second-order valence-corrected chi connectivity index (χ2v) is 5.37. The molecule has 0 aliphatic heterocycles. The fourth-order valence-corrected chi connectivity index (χ4v) is 2.50. The Kier molecular flexibility index (Phi) is 6.26. The van der Waals surface area contributed by atoms with Gasteiger partial charge < -0.3 is 5.73 Å². The van der Waals surface area contributed by atoms with Gasteiger partial charge in [0, 0.05) is 18.6 Å². The molecular weight excluding hydrogens is 295 g/mol. The second kappa shape index (κ2) is 7.22. The van der Waals surface area contributed by atoms with Gasteiger partial charge in [-0.3, -0.25) is 4.90 Å². The molecule has 18 heavy (non-hydrogen) atoms. The van der Waals surface area contributed by atoms with Gasteiger partial charge in [-0.05, 0) is 53.5 Å². The van der Waals surface area contributed by atoms with Crippen LogP contribution >= 0.6 is 15.9 Å². The van der Waals surface area contributed by atoms with E-state index in [4.69, 9.17) is 5.73 Å². The highest BCUT2D eigenvalue weighted by atomic mass is 79.9. The molecule has 1 aromatic rings. The van der Waals surface area contributed by atoms with E-state index in [-0.39, 0.29) is 11.9 Å². The summed E-state index contributed by atoms with van der Waals surface area (Å²) in [6.07, 6.45) is 1.06. The summed E-state index contributed by atoms with van der Waals surface area (Å²) in [5.41, 5.74) is 6.83. The lowest BCUT2D eigenvalue weighted by Gasteiger charge is -2.35. The lowest BCUT2D eigenvalue weighted by molar-refractivity contribution is 0.151. The number of nitrogens with two attached hydrogens (primary N) is 1. The fraction of sp³-hybridized carbons (Fsp3) is 0.571. The molecule has 0 aliphatic rings. The van der Waals surface area contributed by atoms with Crippen molar-refractivity contribution in [2.75, 3.05) is 13.1 Å². The summed E-state index contributed by atoms with van der Waals surface area (Å²) < 4.78 is 14.1. The number of hydrogen-bond donors (Lipinski definition) is 1. The maximum Gasteiger partial charge on any atom is 0.137 e. The number of benzene rings is 1. The van der Waals surface area contributed by atoms with Crippen LogP contribution in [-0.2, 0) is 0 Å². The van der Waals surface area contributed by atoms with Crippen molar-refractivity contribution in [2.24, 2.45) is 5.73 Å². The average Bonchev–Trinajstić information content (AvgIpc) is 2.38. The van der Waals surface area contributed by atoms with Crippen molar-refractivity contribution < 1.29 is 4.39 Å². The van der Waals surface area contributed by atoms with Gasteiger partial charge in [0.25, 0.3) is 0 Å². The predicted molar refractivity (Wildman–Crippen MR) is 78.0 cm³/mol. The van der Waals surface area contributed by atoms with Gasteiger partial charge in [0.15, 0.2) is 0 Å². The van der Waals surface area contributed by atoms with E-state index < -0.39 is 0 Å². The third kappa shape index (κ3) is 3.53. The van der Waals surface area contributed by atoms with Gasteiger partial charge in [0.1, 0.15) is 5.82 Å². The summed E-state index contributed by atoms with van der Waals surface area (Å²) in [5.74, 6) is -0.230. The summed E-state index contributed by atoms with van der Waals surface area (Å²) in [7, 11) is 0. The SMILES string of the molecule is CCC(C)N(CC)C(CN)c1ccc(Br)c(F)c1. The Morgan fingerprint density at radius 1 is 1.39 bits per heavy atom. The molecule has 0 fully saturated rings. The van der Waals surface area contributed by atoms with Crippen molar-refractivity contribution in [2.45, 2.75) is 39.3 Å². The first-order chi connectivity index (χ1) is 8.54. The lowest BCUT2D eigenvalue weighted by Crippen LogP contribution is -2.39. The monoisotopic (exact) mass is 316 g/mol. The summed E-state index contributed by atoms with van der Waals surface area (Å²) in [4.78, 5) is 2.32. The topological polar surface area (TPSA) is 29.3 Å². The smallest absolute Gasteiger partial charge is 0.137 e. The Hall–Kier alpha value is -0.450. The van der Waals surface area contributed by atoms with Crippen molar-refractivity contribution in [3.8, 4) is 0 Å². The molecule has 102 valence electrons. The molecule has 0 heterocycles. The van der Waals surface area contributed by atoms with E-state index in [0.717, 1.165) is 18.5 Å². The number of rotatable bonds is 6. The van der Waals surface area contributed by atoms with Gasteiger partial charge in [0.2, 0.25) is 0 Å². The minimum absolute atomic E-state index is 0.0764. The van der Waals surface area contributed by atoms with Gasteiger partial charge in [-0.15, -0.1) is 0 Å². The average molecular weight is 317 g/mol. The summed E-state index contributed by atoms with van der Waals surface area (Å²) in [5, 5.41) is 0. The van der Waals surface area contributed by atoms with Gasteiger partial charge in [-0.2, -0.15) is 0 Å². The molecule has 2 unspecified atom stereocenters. The maximum absolute atomic E-state index is 13.6. The molecule has 1 rings (SSSR count). The Morgan fingerprint density at radius 3 is 2.50 bits per heavy atom. The molecule has 2 N–H and O–H groups in total. The standard InChI is InChI=1S/C14H22BrFN2/c1-4-10(3)18(5-2)14(9-17)11-6-7-12(15)13(16)8-11/h6-8,10,14H,4-5,9,17H2,1-3H3. The third-order valence-electron chi connectivity index (χ3n) is 3.47. The number of hydrogen-bond acceptors (Lipinski definition) is 2. The Bertz CT molecular complexity index is 384. The zero-order valence-electron chi connectivity index (χ0n) is 11.3. The third-order valence-corrected chi connectivity index (χ3v) is 4.12. The highest BCUT2D eigenvalue weighted by Gasteiger charge is 2.22. The molecule has 0 amide bonds. The van der Waals surface area contributed by atoms with Crippen molar-refractivity contribution >= 4 is 15.9 Å². The van der Waals surface area contributed by atoms with Gasteiger partial charge in [-0.25, -0.2) is 4.39 Å². The van der Waals surface area contributed by atoms with Crippen LogP contribution in [0.25, 0.3) is 0 Å². The first-order valence-corrected chi connectivity index (χ1v) is 7.25. The summed E-state index contributed by atoms with van der Waals surface area (Å²) in [6.45, 7) is 7.86. The van der Waals surface area contributed by atoms with E-state index in [9.17, 15) is 4.39 Å². The van der Waals surface area contributed by atoms with Crippen LogP contribution in [0.4, 0.5) is 4.39 Å². The minimum Gasteiger partial charge on any atom is -0.329 e. The second-order valence-electron chi connectivity index (χ2n) is 4.51. The largest absolute Gasteiger partial charge is 0.329 e. The molecule has 0 bridgehead atoms. The molecule has 0 saturated carbocycles. The first-order valence-electron chi connectivity index (χ1n) is 6.45. The van der Waals surface area contributed by atoms with Crippen LogP contribution < -0.4 is 5.73 Å². The van der Waals surface area contributed by atoms with Gasteiger partial charge >= 0.3 is 0 Å². The highest BCUT2D eigenvalue weighted by molar-refractivity contribution is 9.10. The predicted octanol–water partition coefficient (Wildman–Crippen LogP) is 3.71. The summed E-state index contributed by atoms with van der Waals surface area (Å²) in [6, 6.07) is 5.78. The molecule has 2 nitrogen and oxygen atoms in total. The molecule has 0 radical (unpaired) electrons. The van der Waals surface area contributed by atoms with Crippen LogP contribution in [0.15, 0.2) is 22.7 Å². The van der Waals surface area contributed by atoms with E-state index in [1.807, 2.05) is 6.07 Å². The normalized spacial score (nSPS) is 14.8. The number of halogens is 2. The van der Waals surface area contributed by atoms with Crippen molar-refractivity contribution in [1.82, 2.24) is 4.90 Å². The zero-order valence-corrected chi connectivity index (χ0v) is 12.9. The van der Waals surface area contributed by atoms with E-state index in [2.05, 4.69) is 41.6 Å². The van der Waals surface area contributed by atoms with Crippen LogP contribution in [0.2, 0.25) is 0 Å². The molecule has 2 atom stereocenters. The molecule has 4 heteroatoms. The van der Waals surface area contributed by atoms with E-state index in [0.29, 0.717) is 17.1 Å².